The van der Waals surface area contributed by atoms with Crippen LogP contribution in [-0.2, 0) is 13.1 Å². The largest absolute Gasteiger partial charge is 0.338 e. The van der Waals surface area contributed by atoms with Crippen molar-refractivity contribution in [1.82, 2.24) is 15.0 Å². The zero-order valence-electron chi connectivity index (χ0n) is 10.5. The van der Waals surface area contributed by atoms with Gasteiger partial charge in [0.25, 0.3) is 0 Å². The third kappa shape index (κ3) is 3.14. The fraction of sp³-hybridized carbons (Fsp3) is 0.500. The molecule has 2 N–H and O–H groups in total. The van der Waals surface area contributed by atoms with E-state index >= 15 is 0 Å². The standard InChI is InChI=1S/C12H16N4OS.ClH/c13-7-12-14-11(15-17-12)8-16-5-1-3-9(16)10-4-2-6-18-10;/h2,4,6,9H,1,3,5,7-8,13H2;1H. The summed E-state index contributed by atoms with van der Waals surface area (Å²) in [5.41, 5.74) is 5.47. The minimum Gasteiger partial charge on any atom is -0.338 e. The van der Waals surface area contributed by atoms with Crippen LogP contribution < -0.4 is 5.73 Å². The molecule has 0 radical (unpaired) electrons. The fourth-order valence-electron chi connectivity index (χ4n) is 2.44. The van der Waals surface area contributed by atoms with Gasteiger partial charge in [-0.15, -0.1) is 23.7 Å². The molecule has 7 heteroatoms. The molecular formula is C12H17ClN4OS. The van der Waals surface area contributed by atoms with E-state index < -0.39 is 0 Å². The van der Waals surface area contributed by atoms with Crippen LogP contribution in [0.25, 0.3) is 0 Å². The van der Waals surface area contributed by atoms with Gasteiger partial charge in [0.2, 0.25) is 5.89 Å². The number of hydrogen-bond acceptors (Lipinski definition) is 6. The zero-order chi connectivity index (χ0) is 12.4. The van der Waals surface area contributed by atoms with Gasteiger partial charge in [0.1, 0.15) is 0 Å². The molecule has 2 aromatic heterocycles. The predicted octanol–water partition coefficient (Wildman–Crippen LogP) is 2.35. The average Bonchev–Trinajstić information content (AvgIpc) is 3.09. The van der Waals surface area contributed by atoms with Gasteiger partial charge in [-0.05, 0) is 30.8 Å². The van der Waals surface area contributed by atoms with E-state index in [0.717, 1.165) is 18.9 Å². The van der Waals surface area contributed by atoms with Crippen molar-refractivity contribution in [2.45, 2.75) is 32.0 Å². The number of likely N-dealkylation sites (tertiary alicyclic amines) is 1. The Hall–Kier alpha value is -0.950. The van der Waals surface area contributed by atoms with E-state index in [0.29, 0.717) is 18.5 Å². The Labute approximate surface area is 122 Å². The molecule has 0 bridgehead atoms. The second-order valence-corrected chi connectivity index (χ2v) is 5.43. The van der Waals surface area contributed by atoms with Crippen molar-refractivity contribution in [3.63, 3.8) is 0 Å². The van der Waals surface area contributed by atoms with Crippen LogP contribution in [0.1, 0.15) is 35.5 Å². The highest BCUT2D eigenvalue weighted by Gasteiger charge is 2.27. The predicted molar refractivity (Wildman–Crippen MR) is 76.1 cm³/mol. The highest BCUT2D eigenvalue weighted by Crippen LogP contribution is 2.35. The van der Waals surface area contributed by atoms with Gasteiger partial charge in [-0.25, -0.2) is 0 Å². The summed E-state index contributed by atoms with van der Waals surface area (Å²) in [6, 6.07) is 4.82. The van der Waals surface area contributed by atoms with E-state index in [4.69, 9.17) is 10.3 Å². The summed E-state index contributed by atoms with van der Waals surface area (Å²) in [4.78, 5) is 8.11. The second kappa shape index (κ2) is 6.47. The molecule has 104 valence electrons. The van der Waals surface area contributed by atoms with Crippen LogP contribution in [0.15, 0.2) is 22.0 Å². The minimum absolute atomic E-state index is 0. The minimum atomic E-state index is 0. The number of halogens is 1. The van der Waals surface area contributed by atoms with Gasteiger partial charge in [0, 0.05) is 10.9 Å². The number of nitrogens with two attached hydrogens (primary N) is 1. The molecule has 0 amide bonds. The van der Waals surface area contributed by atoms with Crippen molar-refractivity contribution in [3.8, 4) is 0 Å². The van der Waals surface area contributed by atoms with Gasteiger partial charge in [0.05, 0.1) is 13.1 Å². The van der Waals surface area contributed by atoms with Gasteiger partial charge in [-0.3, -0.25) is 4.90 Å². The topological polar surface area (TPSA) is 68.2 Å². The molecule has 3 rings (SSSR count). The molecule has 19 heavy (non-hydrogen) atoms. The fourth-order valence-corrected chi connectivity index (χ4v) is 3.33. The van der Waals surface area contributed by atoms with Crippen molar-refractivity contribution in [2.24, 2.45) is 5.73 Å². The summed E-state index contributed by atoms with van der Waals surface area (Å²) >= 11 is 1.82. The molecule has 2 aromatic rings. The Kier molecular flexibility index (Phi) is 4.93. The molecule has 3 heterocycles. The maximum absolute atomic E-state index is 5.47. The normalized spacial score (nSPS) is 19.5. The molecule has 1 aliphatic heterocycles. The Morgan fingerprint density at radius 1 is 1.53 bits per heavy atom. The molecule has 1 atom stereocenters. The van der Waals surface area contributed by atoms with Crippen molar-refractivity contribution in [1.29, 1.82) is 0 Å². The first kappa shape index (κ1) is 14.5. The van der Waals surface area contributed by atoms with Crippen LogP contribution >= 0.6 is 23.7 Å². The molecule has 1 saturated heterocycles. The first-order valence-corrected chi connectivity index (χ1v) is 7.04. The third-order valence-electron chi connectivity index (χ3n) is 3.26. The summed E-state index contributed by atoms with van der Waals surface area (Å²) in [5.74, 6) is 1.25. The lowest BCUT2D eigenvalue weighted by molar-refractivity contribution is 0.241. The Bertz CT molecular complexity index is 502. The van der Waals surface area contributed by atoms with Crippen molar-refractivity contribution in [3.05, 3.63) is 34.1 Å². The summed E-state index contributed by atoms with van der Waals surface area (Å²) in [7, 11) is 0. The molecule has 1 fully saturated rings. The van der Waals surface area contributed by atoms with Crippen LogP contribution in [0.3, 0.4) is 0 Å². The van der Waals surface area contributed by atoms with E-state index in [1.807, 2.05) is 11.3 Å². The van der Waals surface area contributed by atoms with E-state index in [9.17, 15) is 0 Å². The Morgan fingerprint density at radius 2 is 2.42 bits per heavy atom. The Balaban J connectivity index is 0.00000133. The number of aromatic nitrogens is 2. The van der Waals surface area contributed by atoms with E-state index in [2.05, 4.69) is 32.6 Å². The van der Waals surface area contributed by atoms with Gasteiger partial charge in [-0.2, -0.15) is 4.98 Å². The zero-order valence-corrected chi connectivity index (χ0v) is 12.1. The molecule has 0 saturated carbocycles. The number of nitrogens with zero attached hydrogens (tertiary/aromatic N) is 3. The summed E-state index contributed by atoms with van der Waals surface area (Å²) in [6.07, 6.45) is 2.44. The lowest BCUT2D eigenvalue weighted by Gasteiger charge is -2.21. The van der Waals surface area contributed by atoms with Crippen molar-refractivity contribution in [2.75, 3.05) is 6.54 Å². The van der Waals surface area contributed by atoms with Crippen LogP contribution in [0, 0.1) is 0 Å². The maximum Gasteiger partial charge on any atom is 0.240 e. The maximum atomic E-state index is 5.47. The molecule has 1 unspecified atom stereocenters. The van der Waals surface area contributed by atoms with Crippen molar-refractivity contribution < 1.29 is 4.52 Å². The van der Waals surface area contributed by atoms with Crippen LogP contribution in [0.5, 0.6) is 0 Å². The highest BCUT2D eigenvalue weighted by atomic mass is 35.5. The molecular weight excluding hydrogens is 284 g/mol. The van der Waals surface area contributed by atoms with Crippen LogP contribution in [0.4, 0.5) is 0 Å². The molecule has 5 nitrogen and oxygen atoms in total. The van der Waals surface area contributed by atoms with E-state index in [1.54, 1.807) is 0 Å². The van der Waals surface area contributed by atoms with Crippen LogP contribution in [0.2, 0.25) is 0 Å². The Morgan fingerprint density at radius 3 is 3.11 bits per heavy atom. The van der Waals surface area contributed by atoms with Gasteiger partial charge < -0.3 is 10.3 Å². The SMILES string of the molecule is Cl.NCc1nc(CN2CCCC2c2cccs2)no1. The number of hydrogen-bond donors (Lipinski definition) is 1. The van der Waals surface area contributed by atoms with Crippen LogP contribution in [-0.4, -0.2) is 21.6 Å². The lowest BCUT2D eigenvalue weighted by atomic mass is 10.2. The highest BCUT2D eigenvalue weighted by molar-refractivity contribution is 7.10. The first-order chi connectivity index (χ1) is 8.86. The molecule has 0 aliphatic carbocycles. The number of rotatable bonds is 4. The summed E-state index contributed by atoms with van der Waals surface area (Å²) in [6.45, 7) is 2.14. The average molecular weight is 301 g/mol. The number of thiophene rings is 1. The summed E-state index contributed by atoms with van der Waals surface area (Å²) < 4.78 is 5.04. The smallest absolute Gasteiger partial charge is 0.240 e. The van der Waals surface area contributed by atoms with Gasteiger partial charge in [-0.1, -0.05) is 11.2 Å². The summed E-state index contributed by atoms with van der Waals surface area (Å²) in [5, 5.41) is 6.09. The molecule has 0 spiro atoms. The molecule has 1 aliphatic rings. The van der Waals surface area contributed by atoms with Gasteiger partial charge >= 0.3 is 0 Å². The third-order valence-corrected chi connectivity index (χ3v) is 4.24. The second-order valence-electron chi connectivity index (χ2n) is 4.45. The first-order valence-electron chi connectivity index (χ1n) is 6.16. The monoisotopic (exact) mass is 300 g/mol. The molecule has 0 aromatic carbocycles. The quantitative estimate of drug-likeness (QED) is 0.938. The van der Waals surface area contributed by atoms with E-state index in [-0.39, 0.29) is 12.4 Å². The van der Waals surface area contributed by atoms with Crippen molar-refractivity contribution >= 4 is 23.7 Å². The van der Waals surface area contributed by atoms with Gasteiger partial charge in [0.15, 0.2) is 5.82 Å². The van der Waals surface area contributed by atoms with E-state index in [1.165, 1.54) is 17.7 Å². The lowest BCUT2D eigenvalue weighted by Crippen LogP contribution is -2.22.